The molecule has 0 fully saturated rings. The summed E-state index contributed by atoms with van der Waals surface area (Å²) in [5.74, 6) is -1.28. The average molecular weight is 255 g/mol. The highest BCUT2D eigenvalue weighted by molar-refractivity contribution is 5.87. The van der Waals surface area contributed by atoms with Gasteiger partial charge in [-0.25, -0.2) is 4.79 Å². The minimum Gasteiger partial charge on any atom is -0.477 e. The third-order valence-electron chi connectivity index (χ3n) is 2.80. The lowest BCUT2D eigenvalue weighted by atomic mass is 10.2. The van der Waals surface area contributed by atoms with Crippen LogP contribution in [0.25, 0.3) is 16.9 Å². The number of H-pyrrole nitrogens is 1. The Morgan fingerprint density at radius 2 is 2.00 bits per heavy atom. The molecule has 2 N–H and O–H groups in total. The van der Waals surface area contributed by atoms with E-state index >= 15 is 0 Å². The fraction of sp³-hybridized carbons (Fsp3) is 0. The van der Waals surface area contributed by atoms with E-state index in [4.69, 9.17) is 5.11 Å². The molecule has 6 heteroatoms. The van der Waals surface area contributed by atoms with Crippen LogP contribution in [0.15, 0.2) is 47.4 Å². The van der Waals surface area contributed by atoms with E-state index in [2.05, 4.69) is 10.1 Å². The van der Waals surface area contributed by atoms with Gasteiger partial charge in [0.15, 0.2) is 0 Å². The largest absolute Gasteiger partial charge is 0.477 e. The van der Waals surface area contributed by atoms with Crippen LogP contribution in [0, 0.1) is 0 Å². The number of benzene rings is 1. The van der Waals surface area contributed by atoms with Gasteiger partial charge in [0, 0.05) is 17.8 Å². The van der Waals surface area contributed by atoms with E-state index in [0.29, 0.717) is 11.3 Å². The van der Waals surface area contributed by atoms with Crippen molar-refractivity contribution in [3.05, 3.63) is 58.5 Å². The van der Waals surface area contributed by atoms with Crippen molar-refractivity contribution in [2.75, 3.05) is 0 Å². The zero-order valence-corrected chi connectivity index (χ0v) is 9.70. The highest BCUT2D eigenvalue weighted by atomic mass is 16.4. The van der Waals surface area contributed by atoms with Gasteiger partial charge in [-0.1, -0.05) is 30.3 Å². The molecule has 0 radical (unpaired) electrons. The van der Waals surface area contributed by atoms with Crippen molar-refractivity contribution in [1.29, 1.82) is 0 Å². The number of fused-ring (bicyclic) bond motifs is 1. The van der Waals surface area contributed by atoms with Crippen LogP contribution in [0.4, 0.5) is 0 Å². The summed E-state index contributed by atoms with van der Waals surface area (Å²) in [7, 11) is 0. The molecule has 2 aromatic heterocycles. The molecule has 0 amide bonds. The summed E-state index contributed by atoms with van der Waals surface area (Å²) >= 11 is 0. The Labute approximate surface area is 106 Å². The first-order chi connectivity index (χ1) is 9.16. The molecule has 0 saturated carbocycles. The molecule has 0 spiro atoms. The standard InChI is InChI=1S/C13H9N3O3/c17-12-9(13(18)19)7-14-11-6-10(15-16(11)12)8-4-2-1-3-5-8/h1-7,14H,(H,18,19). The summed E-state index contributed by atoms with van der Waals surface area (Å²) in [6, 6.07) is 11.0. The van der Waals surface area contributed by atoms with Gasteiger partial charge < -0.3 is 10.1 Å². The molecule has 0 aliphatic rings. The van der Waals surface area contributed by atoms with Gasteiger partial charge in [-0.2, -0.15) is 9.61 Å². The van der Waals surface area contributed by atoms with Gasteiger partial charge in [0.2, 0.25) is 0 Å². The molecule has 0 bridgehead atoms. The van der Waals surface area contributed by atoms with E-state index in [9.17, 15) is 9.59 Å². The van der Waals surface area contributed by atoms with Crippen LogP contribution in [0.2, 0.25) is 0 Å². The highest BCUT2D eigenvalue weighted by Gasteiger charge is 2.13. The first-order valence-electron chi connectivity index (χ1n) is 5.57. The molecule has 0 aliphatic heterocycles. The lowest BCUT2D eigenvalue weighted by Gasteiger charge is -1.95. The number of nitrogens with one attached hydrogen (secondary N) is 1. The second-order valence-electron chi connectivity index (χ2n) is 4.01. The molecule has 3 aromatic rings. The maximum absolute atomic E-state index is 11.9. The highest BCUT2D eigenvalue weighted by Crippen LogP contribution is 2.17. The van der Waals surface area contributed by atoms with Crippen molar-refractivity contribution < 1.29 is 9.90 Å². The van der Waals surface area contributed by atoms with Gasteiger partial charge in [-0.3, -0.25) is 4.79 Å². The van der Waals surface area contributed by atoms with E-state index < -0.39 is 11.5 Å². The second kappa shape index (κ2) is 4.09. The molecule has 19 heavy (non-hydrogen) atoms. The fourth-order valence-corrected chi connectivity index (χ4v) is 1.86. The number of carboxylic acid groups (broad SMARTS) is 1. The molecule has 0 aliphatic carbocycles. The third-order valence-corrected chi connectivity index (χ3v) is 2.80. The Hall–Kier alpha value is -2.89. The van der Waals surface area contributed by atoms with Crippen molar-refractivity contribution in [3.8, 4) is 11.3 Å². The minimum atomic E-state index is -1.28. The normalized spacial score (nSPS) is 10.7. The number of rotatable bonds is 2. The van der Waals surface area contributed by atoms with Crippen LogP contribution in [0.5, 0.6) is 0 Å². The fourth-order valence-electron chi connectivity index (χ4n) is 1.86. The molecule has 6 nitrogen and oxygen atoms in total. The Morgan fingerprint density at radius 3 is 2.68 bits per heavy atom. The monoisotopic (exact) mass is 255 g/mol. The predicted molar refractivity (Wildman–Crippen MR) is 68.2 cm³/mol. The van der Waals surface area contributed by atoms with Crippen molar-refractivity contribution in [3.63, 3.8) is 0 Å². The van der Waals surface area contributed by atoms with E-state index in [-0.39, 0.29) is 5.56 Å². The molecule has 0 saturated heterocycles. The van der Waals surface area contributed by atoms with Crippen LogP contribution in [0.1, 0.15) is 10.4 Å². The summed E-state index contributed by atoms with van der Waals surface area (Å²) in [5.41, 5.74) is 0.930. The SMILES string of the molecule is O=C(O)c1c[nH]c2cc(-c3ccccc3)nn2c1=O. The van der Waals surface area contributed by atoms with Gasteiger partial charge in [0.1, 0.15) is 11.2 Å². The lowest BCUT2D eigenvalue weighted by molar-refractivity contribution is 0.0694. The average Bonchev–Trinajstić information content (AvgIpc) is 2.85. The zero-order chi connectivity index (χ0) is 13.4. The smallest absolute Gasteiger partial charge is 0.342 e. The molecular weight excluding hydrogens is 246 g/mol. The van der Waals surface area contributed by atoms with E-state index in [0.717, 1.165) is 10.1 Å². The quantitative estimate of drug-likeness (QED) is 0.724. The summed E-state index contributed by atoms with van der Waals surface area (Å²) in [5, 5.41) is 13.0. The Morgan fingerprint density at radius 1 is 1.26 bits per heavy atom. The maximum atomic E-state index is 11.9. The lowest BCUT2D eigenvalue weighted by Crippen LogP contribution is -2.22. The molecule has 0 unspecified atom stereocenters. The van der Waals surface area contributed by atoms with Crippen molar-refractivity contribution in [2.24, 2.45) is 0 Å². The molecule has 3 rings (SSSR count). The molecule has 1 aromatic carbocycles. The van der Waals surface area contributed by atoms with Crippen LogP contribution >= 0.6 is 0 Å². The van der Waals surface area contributed by atoms with Gasteiger partial charge in [-0.05, 0) is 0 Å². The Balaban J connectivity index is 2.25. The maximum Gasteiger partial charge on any atom is 0.342 e. The first kappa shape index (κ1) is 11.2. The van der Waals surface area contributed by atoms with Crippen molar-refractivity contribution in [2.45, 2.75) is 0 Å². The topological polar surface area (TPSA) is 87.5 Å². The molecule has 2 heterocycles. The molecular formula is C13H9N3O3. The number of carbonyl (C=O) groups is 1. The number of aromatic amines is 1. The minimum absolute atomic E-state index is 0.338. The summed E-state index contributed by atoms with van der Waals surface area (Å²) < 4.78 is 1.06. The Kier molecular flexibility index (Phi) is 2.42. The number of nitrogens with zero attached hydrogens (tertiary/aromatic N) is 2. The van der Waals surface area contributed by atoms with Crippen molar-refractivity contribution >= 4 is 11.6 Å². The van der Waals surface area contributed by atoms with Gasteiger partial charge in [0.05, 0.1) is 5.69 Å². The van der Waals surface area contributed by atoms with Gasteiger partial charge in [-0.15, -0.1) is 0 Å². The van der Waals surface area contributed by atoms with Crippen LogP contribution < -0.4 is 5.56 Å². The predicted octanol–water partition coefficient (Wildman–Crippen LogP) is 1.39. The Bertz CT molecular complexity index is 818. The summed E-state index contributed by atoms with van der Waals surface area (Å²) in [4.78, 5) is 25.5. The van der Waals surface area contributed by atoms with E-state index in [1.165, 1.54) is 6.20 Å². The van der Waals surface area contributed by atoms with E-state index in [1.807, 2.05) is 30.3 Å². The van der Waals surface area contributed by atoms with Crippen LogP contribution in [-0.4, -0.2) is 25.7 Å². The van der Waals surface area contributed by atoms with Crippen LogP contribution in [-0.2, 0) is 0 Å². The third kappa shape index (κ3) is 1.79. The van der Waals surface area contributed by atoms with Gasteiger partial charge in [0.25, 0.3) is 5.56 Å². The number of aromatic nitrogens is 3. The van der Waals surface area contributed by atoms with Gasteiger partial charge >= 0.3 is 5.97 Å². The van der Waals surface area contributed by atoms with Crippen LogP contribution in [0.3, 0.4) is 0 Å². The van der Waals surface area contributed by atoms with Crippen molar-refractivity contribution in [1.82, 2.24) is 14.6 Å². The second-order valence-corrected chi connectivity index (χ2v) is 4.01. The molecule has 0 atom stereocenters. The zero-order valence-electron chi connectivity index (χ0n) is 9.70. The number of carboxylic acids is 1. The number of aromatic carboxylic acids is 1. The summed E-state index contributed by atoms with van der Waals surface area (Å²) in [6.07, 6.45) is 1.18. The summed E-state index contributed by atoms with van der Waals surface area (Å²) in [6.45, 7) is 0. The number of hydrogen-bond donors (Lipinski definition) is 2. The first-order valence-corrected chi connectivity index (χ1v) is 5.57. The molecule has 94 valence electrons. The number of hydrogen-bond acceptors (Lipinski definition) is 3. The van der Waals surface area contributed by atoms with E-state index in [1.54, 1.807) is 6.07 Å².